The number of hydrogen-bond acceptors (Lipinski definition) is 5. The molecule has 2 aliphatic heterocycles. The lowest BCUT2D eigenvalue weighted by Gasteiger charge is -2.43. The van der Waals surface area contributed by atoms with Crippen molar-refractivity contribution in [1.29, 1.82) is 0 Å². The van der Waals surface area contributed by atoms with Gasteiger partial charge < -0.3 is 18.8 Å². The molecule has 26 heavy (non-hydrogen) atoms. The van der Waals surface area contributed by atoms with Crippen molar-refractivity contribution in [1.82, 2.24) is 9.88 Å². The predicted octanol–water partition coefficient (Wildman–Crippen LogP) is 2.82. The molecule has 2 aromatic rings. The minimum absolute atomic E-state index is 0.0358. The molecule has 6 heteroatoms. The molecule has 138 valence electrons. The van der Waals surface area contributed by atoms with Crippen molar-refractivity contribution in [3.63, 3.8) is 0 Å². The van der Waals surface area contributed by atoms with E-state index in [0.717, 1.165) is 30.6 Å². The van der Waals surface area contributed by atoms with Crippen LogP contribution in [-0.2, 0) is 16.1 Å². The number of pyridine rings is 1. The maximum Gasteiger partial charge on any atom is 0.289 e. The number of piperidine rings is 1. The Bertz CT molecular complexity index is 760. The van der Waals surface area contributed by atoms with E-state index in [1.807, 2.05) is 30.0 Å². The topological polar surface area (TPSA) is 64.8 Å². The second-order valence-electron chi connectivity index (χ2n) is 7.27. The number of ether oxygens (including phenoxy) is 2. The number of rotatable bonds is 5. The first-order valence-electron chi connectivity index (χ1n) is 9.10. The van der Waals surface area contributed by atoms with Gasteiger partial charge in [0.25, 0.3) is 5.91 Å². The molecule has 0 saturated carbocycles. The van der Waals surface area contributed by atoms with Crippen LogP contribution in [0, 0.1) is 12.3 Å². The third-order valence-electron chi connectivity index (χ3n) is 5.52. The summed E-state index contributed by atoms with van der Waals surface area (Å²) in [5.41, 5.74) is 1.84. The Morgan fingerprint density at radius 2 is 2.23 bits per heavy atom. The summed E-state index contributed by atoms with van der Waals surface area (Å²) in [6.45, 7) is 5.09. The lowest BCUT2D eigenvalue weighted by Crippen LogP contribution is -2.53. The number of hydrogen-bond donors (Lipinski definition) is 0. The summed E-state index contributed by atoms with van der Waals surface area (Å²) in [4.78, 5) is 18.8. The maximum atomic E-state index is 12.9. The highest BCUT2D eigenvalue weighted by atomic mass is 16.5. The number of furan rings is 1. The highest BCUT2D eigenvalue weighted by Gasteiger charge is 2.49. The molecule has 0 unspecified atom stereocenters. The quantitative estimate of drug-likeness (QED) is 0.824. The molecule has 1 amide bonds. The van der Waals surface area contributed by atoms with Crippen molar-refractivity contribution >= 4 is 5.91 Å². The van der Waals surface area contributed by atoms with Gasteiger partial charge in [0, 0.05) is 43.1 Å². The minimum atomic E-state index is -0.137. The normalized spacial score (nSPS) is 25.3. The van der Waals surface area contributed by atoms with Gasteiger partial charge in [-0.3, -0.25) is 9.78 Å². The summed E-state index contributed by atoms with van der Waals surface area (Å²) < 4.78 is 17.4. The number of likely N-dealkylation sites (tertiary alicyclic amines) is 1. The molecule has 2 fully saturated rings. The van der Waals surface area contributed by atoms with Gasteiger partial charge in [0.15, 0.2) is 5.76 Å². The van der Waals surface area contributed by atoms with Gasteiger partial charge in [0.05, 0.1) is 25.6 Å². The zero-order valence-electron chi connectivity index (χ0n) is 15.0. The Hall–Kier alpha value is -2.18. The second kappa shape index (κ2) is 7.21. The molecule has 4 rings (SSSR count). The third-order valence-corrected chi connectivity index (χ3v) is 5.52. The van der Waals surface area contributed by atoms with Crippen molar-refractivity contribution in [2.45, 2.75) is 32.5 Å². The molecule has 0 radical (unpaired) electrons. The van der Waals surface area contributed by atoms with Gasteiger partial charge in [0.1, 0.15) is 0 Å². The smallest absolute Gasteiger partial charge is 0.289 e. The SMILES string of the molecule is Cc1ccoc1C(=O)N1CC[C@@H]2OCC[C@]2(COCc2ccncc2)C1. The summed E-state index contributed by atoms with van der Waals surface area (Å²) in [7, 11) is 0. The van der Waals surface area contributed by atoms with Gasteiger partial charge in [-0.1, -0.05) is 0 Å². The Morgan fingerprint density at radius 3 is 3.00 bits per heavy atom. The van der Waals surface area contributed by atoms with Crippen molar-refractivity contribution in [3.05, 3.63) is 53.7 Å². The molecule has 6 nitrogen and oxygen atoms in total. The Kier molecular flexibility index (Phi) is 4.78. The van der Waals surface area contributed by atoms with Crippen molar-refractivity contribution < 1.29 is 18.7 Å². The van der Waals surface area contributed by atoms with E-state index in [-0.39, 0.29) is 17.4 Å². The van der Waals surface area contributed by atoms with Gasteiger partial charge in [-0.25, -0.2) is 0 Å². The lowest BCUT2D eigenvalue weighted by atomic mass is 9.77. The molecular weight excluding hydrogens is 332 g/mol. The van der Waals surface area contributed by atoms with Crippen LogP contribution in [0.3, 0.4) is 0 Å². The summed E-state index contributed by atoms with van der Waals surface area (Å²) in [5.74, 6) is 0.404. The monoisotopic (exact) mass is 356 g/mol. The number of aryl methyl sites for hydroxylation is 1. The molecule has 0 aliphatic carbocycles. The van der Waals surface area contributed by atoms with E-state index in [1.54, 1.807) is 18.7 Å². The van der Waals surface area contributed by atoms with E-state index in [0.29, 0.717) is 32.1 Å². The highest BCUT2D eigenvalue weighted by molar-refractivity contribution is 5.93. The Morgan fingerprint density at radius 1 is 1.38 bits per heavy atom. The Labute approximate surface area is 153 Å². The molecule has 0 aromatic carbocycles. The van der Waals surface area contributed by atoms with Crippen LogP contribution in [0.15, 0.2) is 41.3 Å². The summed E-state index contributed by atoms with van der Waals surface area (Å²) >= 11 is 0. The van der Waals surface area contributed by atoms with E-state index >= 15 is 0 Å². The fourth-order valence-corrected chi connectivity index (χ4v) is 4.02. The molecule has 0 bridgehead atoms. The molecule has 0 spiro atoms. The summed E-state index contributed by atoms with van der Waals surface area (Å²) in [6, 6.07) is 5.74. The average Bonchev–Trinajstić information content (AvgIpc) is 3.27. The van der Waals surface area contributed by atoms with Crippen LogP contribution in [0.5, 0.6) is 0 Å². The van der Waals surface area contributed by atoms with Crippen LogP contribution in [0.1, 0.15) is 34.5 Å². The van der Waals surface area contributed by atoms with Gasteiger partial charge >= 0.3 is 0 Å². The molecular formula is C20H24N2O4. The molecule has 2 atom stereocenters. The third kappa shape index (κ3) is 3.27. The lowest BCUT2D eigenvalue weighted by molar-refractivity contribution is -0.0606. The van der Waals surface area contributed by atoms with Crippen LogP contribution < -0.4 is 0 Å². The van der Waals surface area contributed by atoms with Crippen LogP contribution >= 0.6 is 0 Å². The van der Waals surface area contributed by atoms with Crippen molar-refractivity contribution in [2.75, 3.05) is 26.3 Å². The fourth-order valence-electron chi connectivity index (χ4n) is 4.02. The number of amides is 1. The van der Waals surface area contributed by atoms with E-state index in [4.69, 9.17) is 13.9 Å². The number of aromatic nitrogens is 1. The van der Waals surface area contributed by atoms with Crippen LogP contribution in [0.4, 0.5) is 0 Å². The zero-order chi connectivity index (χ0) is 18.0. The first-order valence-corrected chi connectivity index (χ1v) is 9.10. The van der Waals surface area contributed by atoms with Gasteiger partial charge in [-0.2, -0.15) is 0 Å². The molecule has 2 aromatic heterocycles. The molecule has 2 saturated heterocycles. The first kappa shape index (κ1) is 17.2. The van der Waals surface area contributed by atoms with Crippen LogP contribution in [0.2, 0.25) is 0 Å². The molecule has 0 N–H and O–H groups in total. The number of carbonyl (C=O) groups excluding carboxylic acids is 1. The largest absolute Gasteiger partial charge is 0.459 e. The first-order chi connectivity index (χ1) is 12.7. The highest BCUT2D eigenvalue weighted by Crippen LogP contribution is 2.41. The van der Waals surface area contributed by atoms with Crippen LogP contribution in [0.25, 0.3) is 0 Å². The van der Waals surface area contributed by atoms with E-state index in [9.17, 15) is 4.79 Å². The summed E-state index contributed by atoms with van der Waals surface area (Å²) in [5, 5.41) is 0. The Balaban J connectivity index is 1.44. The average molecular weight is 356 g/mol. The molecule has 2 aliphatic rings. The summed E-state index contributed by atoms with van der Waals surface area (Å²) in [6.07, 6.45) is 7.01. The number of nitrogens with zero attached hydrogens (tertiary/aromatic N) is 2. The van der Waals surface area contributed by atoms with Gasteiger partial charge in [-0.15, -0.1) is 0 Å². The minimum Gasteiger partial charge on any atom is -0.459 e. The fraction of sp³-hybridized carbons (Fsp3) is 0.500. The maximum absolute atomic E-state index is 12.9. The van der Waals surface area contributed by atoms with E-state index in [1.165, 1.54) is 0 Å². The van der Waals surface area contributed by atoms with Crippen molar-refractivity contribution in [2.24, 2.45) is 5.41 Å². The standard InChI is InChI=1S/C20H24N2O4/c1-15-5-10-26-18(15)19(23)22-9-4-17-20(13-22,6-11-25-17)14-24-12-16-2-7-21-8-3-16/h2-3,5,7-8,10,17H,4,6,9,11-14H2,1H3/t17-,20+/m0/s1. The van der Waals surface area contributed by atoms with Crippen LogP contribution in [-0.4, -0.2) is 48.2 Å². The van der Waals surface area contributed by atoms with E-state index < -0.39 is 0 Å². The van der Waals surface area contributed by atoms with Gasteiger partial charge in [0.2, 0.25) is 0 Å². The predicted molar refractivity (Wildman–Crippen MR) is 94.6 cm³/mol. The molecule has 4 heterocycles. The van der Waals surface area contributed by atoms with E-state index in [2.05, 4.69) is 4.98 Å². The zero-order valence-corrected chi connectivity index (χ0v) is 15.0. The second-order valence-corrected chi connectivity index (χ2v) is 7.27. The van der Waals surface area contributed by atoms with Gasteiger partial charge in [-0.05, 0) is 43.5 Å². The van der Waals surface area contributed by atoms with Crippen molar-refractivity contribution in [3.8, 4) is 0 Å². The number of fused-ring (bicyclic) bond motifs is 1. The number of carbonyl (C=O) groups is 1.